The van der Waals surface area contributed by atoms with Crippen LogP contribution in [0.4, 0.5) is 0 Å². The summed E-state index contributed by atoms with van der Waals surface area (Å²) < 4.78 is 0. The second-order valence-electron chi connectivity index (χ2n) is 5.20. The first-order chi connectivity index (χ1) is 10.1. The normalized spacial score (nSPS) is 18.8. The zero-order valence-electron chi connectivity index (χ0n) is 12.1. The second-order valence-corrected chi connectivity index (χ2v) is 7.03. The number of thioether (sulfide) groups is 1. The van der Waals surface area contributed by atoms with Crippen LogP contribution in [0.2, 0.25) is 10.0 Å². The van der Waals surface area contributed by atoms with E-state index in [1.54, 1.807) is 17.8 Å². The van der Waals surface area contributed by atoms with Crippen molar-refractivity contribution in [1.82, 2.24) is 10.2 Å². The lowest BCUT2D eigenvalue weighted by molar-refractivity contribution is -0.129. The number of nitrogens with zero attached hydrogens (tertiary/aromatic N) is 1. The van der Waals surface area contributed by atoms with E-state index in [1.807, 2.05) is 24.1 Å². The van der Waals surface area contributed by atoms with Gasteiger partial charge in [0, 0.05) is 34.9 Å². The van der Waals surface area contributed by atoms with Gasteiger partial charge in [0.1, 0.15) is 0 Å². The van der Waals surface area contributed by atoms with Gasteiger partial charge in [-0.3, -0.25) is 4.79 Å². The maximum Gasteiger partial charge on any atom is 0.232 e. The van der Waals surface area contributed by atoms with E-state index in [9.17, 15) is 4.79 Å². The number of piperidine rings is 1. The molecule has 0 spiro atoms. The van der Waals surface area contributed by atoms with Crippen LogP contribution in [0.25, 0.3) is 0 Å². The lowest BCUT2D eigenvalue weighted by Gasteiger charge is -2.32. The molecular weight excluding hydrogens is 327 g/mol. The summed E-state index contributed by atoms with van der Waals surface area (Å²) in [4.78, 5) is 14.2. The minimum atomic E-state index is 0.213. The van der Waals surface area contributed by atoms with Gasteiger partial charge >= 0.3 is 0 Å². The lowest BCUT2D eigenvalue weighted by Crippen LogP contribution is -2.47. The molecule has 21 heavy (non-hydrogen) atoms. The van der Waals surface area contributed by atoms with Crippen molar-refractivity contribution >= 4 is 40.9 Å². The number of likely N-dealkylation sites (tertiary alicyclic amines) is 1. The molecule has 2 rings (SSSR count). The average molecular weight is 347 g/mol. The van der Waals surface area contributed by atoms with Gasteiger partial charge in [0.05, 0.1) is 5.75 Å². The molecule has 1 aliphatic rings. The third-order valence-electron chi connectivity index (χ3n) is 3.68. The fourth-order valence-electron chi connectivity index (χ4n) is 2.42. The van der Waals surface area contributed by atoms with Gasteiger partial charge in [0.15, 0.2) is 0 Å². The van der Waals surface area contributed by atoms with E-state index in [4.69, 9.17) is 23.2 Å². The van der Waals surface area contributed by atoms with Gasteiger partial charge < -0.3 is 10.2 Å². The highest BCUT2D eigenvalue weighted by molar-refractivity contribution is 7.99. The fraction of sp³-hybridized carbons (Fsp3) is 0.533. The molecule has 1 aromatic rings. The van der Waals surface area contributed by atoms with E-state index in [2.05, 4.69) is 5.32 Å². The Kier molecular flexibility index (Phi) is 6.68. The topological polar surface area (TPSA) is 32.3 Å². The summed E-state index contributed by atoms with van der Waals surface area (Å²) in [5, 5.41) is 4.55. The van der Waals surface area contributed by atoms with Crippen molar-refractivity contribution in [3.63, 3.8) is 0 Å². The Morgan fingerprint density at radius 3 is 3.00 bits per heavy atom. The Balaban J connectivity index is 1.78. The number of likely N-dealkylation sites (N-methyl/N-ethyl adjacent to an activating group) is 1. The van der Waals surface area contributed by atoms with E-state index in [0.29, 0.717) is 21.8 Å². The standard InChI is InChI=1S/C15H20Cl2N2OS/c1-18-13-3-2-6-19(8-13)15(20)10-21-9-11-4-5-12(16)7-14(11)17/h4-5,7,13,18H,2-3,6,8-10H2,1H3. The summed E-state index contributed by atoms with van der Waals surface area (Å²) >= 11 is 13.6. The predicted octanol–water partition coefficient (Wildman–Crippen LogP) is 3.44. The number of hydrogen-bond acceptors (Lipinski definition) is 3. The van der Waals surface area contributed by atoms with Crippen molar-refractivity contribution in [2.24, 2.45) is 0 Å². The molecule has 0 aliphatic carbocycles. The zero-order chi connectivity index (χ0) is 15.2. The molecule has 0 bridgehead atoms. The van der Waals surface area contributed by atoms with Gasteiger partial charge in [-0.05, 0) is 37.6 Å². The van der Waals surface area contributed by atoms with Crippen LogP contribution in [0, 0.1) is 0 Å². The Morgan fingerprint density at radius 2 is 2.29 bits per heavy atom. The van der Waals surface area contributed by atoms with Crippen LogP contribution in [0.5, 0.6) is 0 Å². The summed E-state index contributed by atoms with van der Waals surface area (Å²) in [6.45, 7) is 1.69. The number of nitrogens with one attached hydrogen (secondary N) is 1. The number of carbonyl (C=O) groups excluding carboxylic acids is 1. The zero-order valence-corrected chi connectivity index (χ0v) is 14.4. The van der Waals surface area contributed by atoms with Crippen molar-refractivity contribution in [2.75, 3.05) is 25.9 Å². The van der Waals surface area contributed by atoms with Crippen molar-refractivity contribution in [1.29, 1.82) is 0 Å². The van der Waals surface area contributed by atoms with E-state index in [1.165, 1.54) is 0 Å². The first-order valence-electron chi connectivity index (χ1n) is 7.07. The van der Waals surface area contributed by atoms with Gasteiger partial charge in [-0.1, -0.05) is 29.3 Å². The number of amides is 1. The third-order valence-corrected chi connectivity index (χ3v) is 5.23. The van der Waals surface area contributed by atoms with Gasteiger partial charge in [0.25, 0.3) is 0 Å². The number of hydrogen-bond donors (Lipinski definition) is 1. The molecule has 1 aliphatic heterocycles. The van der Waals surface area contributed by atoms with Gasteiger partial charge in [0.2, 0.25) is 5.91 Å². The first kappa shape index (κ1) is 16.9. The fourth-order valence-corrected chi connectivity index (χ4v) is 3.90. The molecule has 1 N–H and O–H groups in total. The molecule has 1 amide bonds. The predicted molar refractivity (Wildman–Crippen MR) is 91.3 cm³/mol. The van der Waals surface area contributed by atoms with E-state index < -0.39 is 0 Å². The molecule has 0 saturated carbocycles. The van der Waals surface area contributed by atoms with E-state index >= 15 is 0 Å². The maximum atomic E-state index is 12.2. The molecule has 3 nitrogen and oxygen atoms in total. The Morgan fingerprint density at radius 1 is 1.48 bits per heavy atom. The Bertz CT molecular complexity index is 499. The molecule has 1 unspecified atom stereocenters. The average Bonchev–Trinajstić information content (AvgIpc) is 2.49. The van der Waals surface area contributed by atoms with Crippen LogP contribution in [-0.4, -0.2) is 42.7 Å². The molecule has 116 valence electrons. The largest absolute Gasteiger partial charge is 0.340 e. The highest BCUT2D eigenvalue weighted by Gasteiger charge is 2.22. The first-order valence-corrected chi connectivity index (χ1v) is 8.98. The summed E-state index contributed by atoms with van der Waals surface area (Å²) in [5.41, 5.74) is 1.02. The maximum absolute atomic E-state index is 12.2. The Labute approximate surface area is 140 Å². The number of halogens is 2. The number of rotatable bonds is 5. The Hall–Kier alpha value is -0.420. The quantitative estimate of drug-likeness (QED) is 0.886. The van der Waals surface area contributed by atoms with Crippen LogP contribution in [0.15, 0.2) is 18.2 Å². The minimum Gasteiger partial charge on any atom is -0.340 e. The molecule has 1 aromatic carbocycles. The highest BCUT2D eigenvalue weighted by atomic mass is 35.5. The molecule has 1 fully saturated rings. The van der Waals surface area contributed by atoms with E-state index in [0.717, 1.165) is 37.2 Å². The monoisotopic (exact) mass is 346 g/mol. The molecule has 1 atom stereocenters. The number of carbonyl (C=O) groups is 1. The van der Waals surface area contributed by atoms with Crippen molar-refractivity contribution in [3.8, 4) is 0 Å². The van der Waals surface area contributed by atoms with Crippen LogP contribution < -0.4 is 5.32 Å². The molecule has 1 saturated heterocycles. The number of benzene rings is 1. The highest BCUT2D eigenvalue weighted by Crippen LogP contribution is 2.25. The molecule has 0 radical (unpaired) electrons. The van der Waals surface area contributed by atoms with Gasteiger partial charge in [-0.2, -0.15) is 0 Å². The third kappa shape index (κ3) is 5.06. The van der Waals surface area contributed by atoms with Crippen molar-refractivity contribution < 1.29 is 4.79 Å². The molecule has 0 aromatic heterocycles. The molecular formula is C15H20Cl2N2OS. The smallest absolute Gasteiger partial charge is 0.232 e. The van der Waals surface area contributed by atoms with Crippen molar-refractivity contribution in [2.45, 2.75) is 24.6 Å². The van der Waals surface area contributed by atoms with Crippen LogP contribution in [0.3, 0.4) is 0 Å². The van der Waals surface area contributed by atoms with Crippen LogP contribution in [-0.2, 0) is 10.5 Å². The van der Waals surface area contributed by atoms with Crippen molar-refractivity contribution in [3.05, 3.63) is 33.8 Å². The van der Waals surface area contributed by atoms with Crippen LogP contribution >= 0.6 is 35.0 Å². The summed E-state index contributed by atoms with van der Waals surface area (Å²) in [6, 6.07) is 5.91. The molecule has 1 heterocycles. The van der Waals surface area contributed by atoms with Crippen LogP contribution in [0.1, 0.15) is 18.4 Å². The van der Waals surface area contributed by atoms with Gasteiger partial charge in [-0.15, -0.1) is 11.8 Å². The minimum absolute atomic E-state index is 0.213. The van der Waals surface area contributed by atoms with Gasteiger partial charge in [-0.25, -0.2) is 0 Å². The summed E-state index contributed by atoms with van der Waals surface area (Å²) in [6.07, 6.45) is 2.22. The van der Waals surface area contributed by atoms with E-state index in [-0.39, 0.29) is 5.91 Å². The molecule has 6 heteroatoms. The lowest BCUT2D eigenvalue weighted by atomic mass is 10.1. The summed E-state index contributed by atoms with van der Waals surface area (Å²) in [5.74, 6) is 1.44. The second kappa shape index (κ2) is 8.28. The SMILES string of the molecule is CNC1CCCN(C(=O)CSCc2ccc(Cl)cc2Cl)C1. The summed E-state index contributed by atoms with van der Waals surface area (Å²) in [7, 11) is 1.95.